The Labute approximate surface area is 159 Å². The van der Waals surface area contributed by atoms with Gasteiger partial charge in [0.1, 0.15) is 4.90 Å². The predicted molar refractivity (Wildman–Crippen MR) is 99.4 cm³/mol. The molecular formula is C15H14BrCl2N3O2S. The van der Waals surface area contributed by atoms with Gasteiger partial charge in [-0.15, -0.1) is 0 Å². The molecule has 3 rings (SSSR count). The monoisotopic (exact) mass is 449 g/mol. The highest BCUT2D eigenvalue weighted by atomic mass is 79.9. The van der Waals surface area contributed by atoms with E-state index in [1.54, 1.807) is 12.4 Å². The molecule has 2 heterocycles. The van der Waals surface area contributed by atoms with Crippen LogP contribution in [0, 0.1) is 0 Å². The highest BCUT2D eigenvalue weighted by Gasteiger charge is 2.32. The zero-order valence-electron chi connectivity index (χ0n) is 12.5. The molecule has 1 aromatic heterocycles. The third-order valence-corrected chi connectivity index (χ3v) is 7.11. The van der Waals surface area contributed by atoms with Gasteiger partial charge in [0.15, 0.2) is 0 Å². The highest BCUT2D eigenvalue weighted by Crippen LogP contribution is 2.35. The van der Waals surface area contributed by atoms with Crippen molar-refractivity contribution in [1.29, 1.82) is 0 Å². The van der Waals surface area contributed by atoms with Crippen LogP contribution in [0.15, 0.2) is 46.0 Å². The van der Waals surface area contributed by atoms with Crippen molar-refractivity contribution in [3.8, 4) is 0 Å². The Morgan fingerprint density at radius 3 is 2.08 bits per heavy atom. The number of sulfonamides is 1. The van der Waals surface area contributed by atoms with Crippen molar-refractivity contribution >= 4 is 54.8 Å². The van der Waals surface area contributed by atoms with Crippen LogP contribution in [0.1, 0.15) is 0 Å². The molecule has 128 valence electrons. The van der Waals surface area contributed by atoms with Crippen LogP contribution in [0.2, 0.25) is 10.0 Å². The molecule has 1 fully saturated rings. The molecule has 0 spiro atoms. The third-order valence-electron chi connectivity index (χ3n) is 3.83. The second-order valence-electron chi connectivity index (χ2n) is 5.30. The molecule has 0 amide bonds. The lowest BCUT2D eigenvalue weighted by Crippen LogP contribution is -2.48. The van der Waals surface area contributed by atoms with Gasteiger partial charge in [0.05, 0.1) is 10.0 Å². The molecule has 1 aliphatic rings. The van der Waals surface area contributed by atoms with Gasteiger partial charge in [-0.05, 0) is 24.3 Å². The molecule has 0 aliphatic carbocycles. The van der Waals surface area contributed by atoms with E-state index in [9.17, 15) is 8.42 Å². The summed E-state index contributed by atoms with van der Waals surface area (Å²) in [5.74, 6) is 0. The number of benzene rings is 1. The summed E-state index contributed by atoms with van der Waals surface area (Å²) in [4.78, 5) is 6.08. The number of aromatic nitrogens is 1. The first-order valence-corrected chi connectivity index (χ1v) is 10.2. The predicted octanol–water partition coefficient (Wildman–Crippen LogP) is 3.66. The Kier molecular flexibility index (Phi) is 5.36. The first kappa shape index (κ1) is 17.9. The third kappa shape index (κ3) is 3.55. The van der Waals surface area contributed by atoms with Gasteiger partial charge in [0, 0.05) is 48.7 Å². The minimum atomic E-state index is -3.74. The quantitative estimate of drug-likeness (QED) is 0.715. The number of piperazine rings is 1. The molecule has 0 N–H and O–H groups in total. The smallest absolute Gasteiger partial charge is 0.246 e. The van der Waals surface area contributed by atoms with Crippen LogP contribution in [0.4, 0.5) is 5.69 Å². The maximum Gasteiger partial charge on any atom is 0.246 e. The van der Waals surface area contributed by atoms with Crippen molar-refractivity contribution in [2.45, 2.75) is 4.90 Å². The summed E-state index contributed by atoms with van der Waals surface area (Å²) in [6, 6.07) is 6.89. The van der Waals surface area contributed by atoms with Gasteiger partial charge in [-0.1, -0.05) is 39.1 Å². The molecular weight excluding hydrogens is 437 g/mol. The number of pyridine rings is 1. The van der Waals surface area contributed by atoms with E-state index in [1.165, 1.54) is 16.4 Å². The Bertz CT molecular complexity index is 818. The molecule has 0 radical (unpaired) electrons. The molecule has 5 nitrogen and oxygen atoms in total. The molecule has 1 saturated heterocycles. The van der Waals surface area contributed by atoms with E-state index in [0.29, 0.717) is 30.7 Å². The van der Waals surface area contributed by atoms with Crippen molar-refractivity contribution in [2.24, 2.45) is 0 Å². The first-order valence-electron chi connectivity index (χ1n) is 7.19. The average Bonchev–Trinajstić information content (AvgIpc) is 2.54. The maximum atomic E-state index is 12.9. The zero-order valence-corrected chi connectivity index (χ0v) is 16.4. The van der Waals surface area contributed by atoms with Crippen molar-refractivity contribution in [2.75, 3.05) is 31.1 Å². The zero-order chi connectivity index (χ0) is 17.3. The minimum absolute atomic E-state index is 0.0357. The number of hydrogen-bond acceptors (Lipinski definition) is 4. The second kappa shape index (κ2) is 7.17. The van der Waals surface area contributed by atoms with E-state index in [0.717, 1.165) is 5.69 Å². The molecule has 0 unspecified atom stereocenters. The molecule has 0 atom stereocenters. The molecule has 2 aromatic rings. The topological polar surface area (TPSA) is 53.5 Å². The molecule has 24 heavy (non-hydrogen) atoms. The summed E-state index contributed by atoms with van der Waals surface area (Å²) in [5.41, 5.74) is 1.03. The summed E-state index contributed by atoms with van der Waals surface area (Å²) in [6.45, 7) is 1.92. The first-order chi connectivity index (χ1) is 11.4. The van der Waals surface area contributed by atoms with E-state index in [2.05, 4.69) is 25.8 Å². The fraction of sp³-hybridized carbons (Fsp3) is 0.267. The van der Waals surface area contributed by atoms with Crippen molar-refractivity contribution in [3.63, 3.8) is 0 Å². The van der Waals surface area contributed by atoms with Crippen molar-refractivity contribution in [3.05, 3.63) is 51.2 Å². The van der Waals surface area contributed by atoms with E-state index < -0.39 is 10.0 Å². The van der Waals surface area contributed by atoms with Gasteiger partial charge < -0.3 is 4.90 Å². The molecule has 9 heteroatoms. The highest BCUT2D eigenvalue weighted by molar-refractivity contribution is 9.10. The lowest BCUT2D eigenvalue weighted by Gasteiger charge is -2.35. The van der Waals surface area contributed by atoms with E-state index in [4.69, 9.17) is 23.2 Å². The van der Waals surface area contributed by atoms with Gasteiger partial charge in [0.25, 0.3) is 0 Å². The summed E-state index contributed by atoms with van der Waals surface area (Å²) in [5, 5.41) is 0.233. The summed E-state index contributed by atoms with van der Waals surface area (Å²) >= 11 is 15.5. The van der Waals surface area contributed by atoms with Gasteiger partial charge in [-0.25, -0.2) is 8.42 Å². The number of nitrogens with zero attached hydrogens (tertiary/aromatic N) is 3. The van der Waals surface area contributed by atoms with Crippen LogP contribution in [-0.4, -0.2) is 43.9 Å². The molecule has 1 aliphatic heterocycles. The Morgan fingerprint density at radius 2 is 1.54 bits per heavy atom. The Balaban J connectivity index is 1.81. The summed E-state index contributed by atoms with van der Waals surface area (Å²) < 4.78 is 27.9. The normalized spacial score (nSPS) is 16.4. The van der Waals surface area contributed by atoms with Gasteiger partial charge >= 0.3 is 0 Å². The SMILES string of the molecule is O=S(=O)(c1c(Cl)cc(Br)cc1Cl)N1CCN(c2ccncc2)CC1. The largest absolute Gasteiger partial charge is 0.369 e. The Hall–Kier alpha value is -0.860. The fourth-order valence-electron chi connectivity index (χ4n) is 2.65. The van der Waals surface area contributed by atoms with Crippen LogP contribution < -0.4 is 4.90 Å². The fourth-order valence-corrected chi connectivity index (χ4v) is 5.95. The number of hydrogen-bond donors (Lipinski definition) is 0. The number of rotatable bonds is 3. The van der Waals surface area contributed by atoms with Crippen LogP contribution >= 0.6 is 39.1 Å². The van der Waals surface area contributed by atoms with Crippen molar-refractivity contribution < 1.29 is 8.42 Å². The van der Waals surface area contributed by atoms with Gasteiger partial charge in [0.2, 0.25) is 10.0 Å². The van der Waals surface area contributed by atoms with E-state index in [-0.39, 0.29) is 14.9 Å². The number of anilines is 1. The van der Waals surface area contributed by atoms with Gasteiger partial charge in [-0.3, -0.25) is 4.98 Å². The minimum Gasteiger partial charge on any atom is -0.369 e. The van der Waals surface area contributed by atoms with Gasteiger partial charge in [-0.2, -0.15) is 4.31 Å². The Morgan fingerprint density at radius 1 is 1.00 bits per heavy atom. The molecule has 1 aromatic carbocycles. The van der Waals surface area contributed by atoms with Crippen LogP contribution in [0.5, 0.6) is 0 Å². The van der Waals surface area contributed by atoms with Crippen LogP contribution in [0.25, 0.3) is 0 Å². The second-order valence-corrected chi connectivity index (χ2v) is 8.90. The average molecular weight is 451 g/mol. The van der Waals surface area contributed by atoms with E-state index in [1.807, 2.05) is 12.1 Å². The van der Waals surface area contributed by atoms with Crippen molar-refractivity contribution in [1.82, 2.24) is 9.29 Å². The molecule has 0 saturated carbocycles. The maximum absolute atomic E-state index is 12.9. The summed E-state index contributed by atoms with van der Waals surface area (Å²) in [7, 11) is -3.74. The van der Waals surface area contributed by atoms with Crippen LogP contribution in [0.3, 0.4) is 0 Å². The standard InChI is InChI=1S/C15H14BrCl2N3O2S/c16-11-9-13(17)15(14(18)10-11)24(22,23)21-7-5-20(6-8-21)12-1-3-19-4-2-12/h1-4,9-10H,5-8H2. The summed E-state index contributed by atoms with van der Waals surface area (Å²) in [6.07, 6.45) is 3.44. The lowest BCUT2D eigenvalue weighted by atomic mass is 10.3. The van der Waals surface area contributed by atoms with Crippen LogP contribution in [-0.2, 0) is 10.0 Å². The molecule has 0 bridgehead atoms. The number of halogens is 3. The lowest BCUT2D eigenvalue weighted by molar-refractivity contribution is 0.385. The van der Waals surface area contributed by atoms with E-state index >= 15 is 0 Å².